The van der Waals surface area contributed by atoms with E-state index in [1.54, 1.807) is 18.1 Å². The zero-order valence-corrected chi connectivity index (χ0v) is 12.0. The predicted molar refractivity (Wildman–Crippen MR) is 81.3 cm³/mol. The van der Waals surface area contributed by atoms with Gasteiger partial charge in [-0.1, -0.05) is 29.4 Å². The topological polar surface area (TPSA) is 91.8 Å². The molecule has 0 bridgehead atoms. The van der Waals surface area contributed by atoms with E-state index in [1.807, 2.05) is 37.3 Å². The first-order valence-corrected chi connectivity index (χ1v) is 6.62. The highest BCUT2D eigenvalue weighted by molar-refractivity contribution is 6.05. The van der Waals surface area contributed by atoms with Gasteiger partial charge in [0.05, 0.1) is 0 Å². The second kappa shape index (κ2) is 6.21. The average Bonchev–Trinajstić information content (AvgIpc) is 2.52. The Bertz CT molecular complexity index is 679. The molecule has 21 heavy (non-hydrogen) atoms. The molecule has 0 aliphatic carbocycles. The van der Waals surface area contributed by atoms with Crippen LogP contribution in [0.15, 0.2) is 41.7 Å². The number of hydrogen-bond donors (Lipinski definition) is 2. The summed E-state index contributed by atoms with van der Waals surface area (Å²) in [6, 6.07) is 9.27. The van der Waals surface area contributed by atoms with Gasteiger partial charge in [0.1, 0.15) is 11.5 Å². The summed E-state index contributed by atoms with van der Waals surface area (Å²) in [6.45, 7) is 1.83. The predicted octanol–water partition coefficient (Wildman–Crippen LogP) is 1.83. The Hall–Kier alpha value is -2.63. The number of amides is 1. The van der Waals surface area contributed by atoms with Gasteiger partial charge in [-0.3, -0.25) is 9.78 Å². The van der Waals surface area contributed by atoms with Crippen molar-refractivity contribution >= 4 is 22.5 Å². The number of oxime groups is 1. The molecule has 2 aromatic rings. The second-order valence-corrected chi connectivity index (χ2v) is 4.94. The lowest BCUT2D eigenvalue weighted by atomic mass is 10.1. The molecule has 2 rings (SSSR count). The Morgan fingerprint density at radius 3 is 2.86 bits per heavy atom. The van der Waals surface area contributed by atoms with Crippen LogP contribution in [0.4, 0.5) is 0 Å². The Morgan fingerprint density at radius 2 is 2.14 bits per heavy atom. The molecule has 0 aliphatic heterocycles. The molecule has 0 spiro atoms. The van der Waals surface area contributed by atoms with Crippen LogP contribution in [0.5, 0.6) is 0 Å². The third-order valence-electron chi connectivity index (χ3n) is 3.49. The first-order chi connectivity index (χ1) is 10.0. The molecule has 1 heterocycles. The van der Waals surface area contributed by atoms with Gasteiger partial charge in [0.25, 0.3) is 5.91 Å². The van der Waals surface area contributed by atoms with Gasteiger partial charge in [0.15, 0.2) is 0 Å². The monoisotopic (exact) mass is 286 g/mol. The molecule has 0 aliphatic rings. The second-order valence-electron chi connectivity index (χ2n) is 4.94. The van der Waals surface area contributed by atoms with Crippen LogP contribution in [0, 0.1) is 0 Å². The van der Waals surface area contributed by atoms with Crippen molar-refractivity contribution in [3.8, 4) is 0 Å². The molecular weight excluding hydrogens is 268 g/mol. The standard InChI is InChI=1S/C15H18N4O2/c1-10(9-13(16)18-21)19(2)15(20)14-12-6-4-3-5-11(12)7-8-17-14/h3-8,10,21H,9H2,1-2H3,(H2,16,18). The Balaban J connectivity index is 2.30. The van der Waals surface area contributed by atoms with E-state index in [1.165, 1.54) is 0 Å². The number of nitrogens with two attached hydrogens (primary N) is 1. The highest BCUT2D eigenvalue weighted by atomic mass is 16.4. The van der Waals surface area contributed by atoms with Crippen LogP contribution in [-0.2, 0) is 0 Å². The number of fused-ring (bicyclic) bond motifs is 1. The van der Waals surface area contributed by atoms with E-state index in [2.05, 4.69) is 10.1 Å². The van der Waals surface area contributed by atoms with Gasteiger partial charge in [-0.2, -0.15) is 0 Å². The fourth-order valence-corrected chi connectivity index (χ4v) is 2.14. The number of hydrogen-bond acceptors (Lipinski definition) is 4. The maximum atomic E-state index is 12.6. The molecule has 1 amide bonds. The lowest BCUT2D eigenvalue weighted by molar-refractivity contribution is 0.0743. The average molecular weight is 286 g/mol. The van der Waals surface area contributed by atoms with Crippen molar-refractivity contribution in [2.45, 2.75) is 19.4 Å². The number of carbonyl (C=O) groups is 1. The number of nitrogens with zero attached hydrogens (tertiary/aromatic N) is 3. The quantitative estimate of drug-likeness (QED) is 0.388. The minimum atomic E-state index is -0.200. The number of rotatable bonds is 4. The van der Waals surface area contributed by atoms with E-state index in [9.17, 15) is 4.79 Å². The largest absolute Gasteiger partial charge is 0.409 e. The lowest BCUT2D eigenvalue weighted by Gasteiger charge is -2.24. The maximum absolute atomic E-state index is 12.6. The molecule has 6 nitrogen and oxygen atoms in total. The van der Waals surface area contributed by atoms with Crippen LogP contribution in [0.2, 0.25) is 0 Å². The summed E-state index contributed by atoms with van der Waals surface area (Å²) >= 11 is 0. The SMILES string of the molecule is CC(CC(N)=NO)N(C)C(=O)c1nccc2ccccc12. The van der Waals surface area contributed by atoms with Crippen LogP contribution in [0.25, 0.3) is 10.8 Å². The molecule has 1 atom stereocenters. The van der Waals surface area contributed by atoms with Crippen LogP contribution in [0.1, 0.15) is 23.8 Å². The summed E-state index contributed by atoms with van der Waals surface area (Å²) in [7, 11) is 1.68. The zero-order valence-electron chi connectivity index (χ0n) is 12.0. The van der Waals surface area contributed by atoms with Gasteiger partial charge < -0.3 is 15.8 Å². The van der Waals surface area contributed by atoms with Gasteiger partial charge in [0.2, 0.25) is 0 Å². The molecule has 0 fully saturated rings. The molecule has 1 unspecified atom stereocenters. The van der Waals surface area contributed by atoms with Crippen molar-refractivity contribution in [1.29, 1.82) is 0 Å². The van der Waals surface area contributed by atoms with Gasteiger partial charge in [-0.05, 0) is 18.4 Å². The molecular formula is C15H18N4O2. The normalized spacial score (nSPS) is 13.1. The summed E-state index contributed by atoms with van der Waals surface area (Å²) in [5.41, 5.74) is 5.89. The number of pyridine rings is 1. The van der Waals surface area contributed by atoms with Crippen LogP contribution < -0.4 is 5.73 Å². The van der Waals surface area contributed by atoms with E-state index < -0.39 is 0 Å². The first-order valence-electron chi connectivity index (χ1n) is 6.62. The summed E-state index contributed by atoms with van der Waals surface area (Å²) in [5, 5.41) is 13.3. The van der Waals surface area contributed by atoms with Gasteiger partial charge >= 0.3 is 0 Å². The van der Waals surface area contributed by atoms with Crippen molar-refractivity contribution in [3.05, 3.63) is 42.2 Å². The highest BCUT2D eigenvalue weighted by Gasteiger charge is 2.21. The van der Waals surface area contributed by atoms with Gasteiger partial charge in [-0.25, -0.2) is 0 Å². The van der Waals surface area contributed by atoms with Crippen molar-refractivity contribution in [1.82, 2.24) is 9.88 Å². The molecule has 110 valence electrons. The summed E-state index contributed by atoms with van der Waals surface area (Å²) < 4.78 is 0. The van der Waals surface area contributed by atoms with Crippen molar-refractivity contribution in [2.75, 3.05) is 7.05 Å². The van der Waals surface area contributed by atoms with E-state index in [0.29, 0.717) is 12.1 Å². The first kappa shape index (κ1) is 14.8. The van der Waals surface area contributed by atoms with E-state index in [4.69, 9.17) is 10.9 Å². The summed E-state index contributed by atoms with van der Waals surface area (Å²) in [4.78, 5) is 18.3. The number of aromatic nitrogens is 1. The van der Waals surface area contributed by atoms with Crippen LogP contribution in [0.3, 0.4) is 0 Å². The molecule has 3 N–H and O–H groups in total. The van der Waals surface area contributed by atoms with Gasteiger partial charge in [0, 0.05) is 31.1 Å². The van der Waals surface area contributed by atoms with Crippen LogP contribution >= 0.6 is 0 Å². The van der Waals surface area contributed by atoms with Gasteiger partial charge in [-0.15, -0.1) is 0 Å². The minimum absolute atomic E-state index is 0.0908. The van der Waals surface area contributed by atoms with Crippen molar-refractivity contribution < 1.29 is 10.0 Å². The Kier molecular flexibility index (Phi) is 4.37. The lowest BCUT2D eigenvalue weighted by Crippen LogP contribution is -2.38. The number of amidine groups is 1. The Morgan fingerprint density at radius 1 is 1.43 bits per heavy atom. The van der Waals surface area contributed by atoms with Crippen molar-refractivity contribution in [2.24, 2.45) is 10.9 Å². The fraction of sp³-hybridized carbons (Fsp3) is 0.267. The number of benzene rings is 1. The maximum Gasteiger partial charge on any atom is 0.273 e. The van der Waals surface area contributed by atoms with Crippen LogP contribution in [-0.4, -0.2) is 39.9 Å². The number of carbonyl (C=O) groups excluding carboxylic acids is 1. The smallest absolute Gasteiger partial charge is 0.273 e. The Labute approximate surface area is 122 Å². The zero-order chi connectivity index (χ0) is 15.4. The van der Waals surface area contributed by atoms with E-state index >= 15 is 0 Å². The van der Waals surface area contributed by atoms with E-state index in [-0.39, 0.29) is 17.8 Å². The van der Waals surface area contributed by atoms with E-state index in [0.717, 1.165) is 10.8 Å². The summed E-state index contributed by atoms with van der Waals surface area (Å²) in [5.74, 6) is -0.0990. The molecule has 1 aromatic carbocycles. The highest BCUT2D eigenvalue weighted by Crippen LogP contribution is 2.18. The molecule has 0 saturated heterocycles. The molecule has 1 aromatic heterocycles. The third-order valence-corrected chi connectivity index (χ3v) is 3.49. The minimum Gasteiger partial charge on any atom is -0.409 e. The summed E-state index contributed by atoms with van der Waals surface area (Å²) in [6.07, 6.45) is 1.92. The third kappa shape index (κ3) is 3.10. The van der Waals surface area contributed by atoms with Crippen molar-refractivity contribution in [3.63, 3.8) is 0 Å². The molecule has 0 radical (unpaired) electrons. The molecule has 0 saturated carbocycles. The fourth-order valence-electron chi connectivity index (χ4n) is 2.14. The molecule has 6 heteroatoms.